The molecule has 0 saturated carbocycles. The minimum absolute atomic E-state index is 0.0203. The Morgan fingerprint density at radius 3 is 2.56 bits per heavy atom. The van der Waals surface area contributed by atoms with Gasteiger partial charge in [0.05, 0.1) is 18.7 Å². The molecular formula is C18H17FN4O4. The van der Waals surface area contributed by atoms with Crippen LogP contribution in [0, 0.1) is 5.82 Å². The van der Waals surface area contributed by atoms with Crippen LogP contribution in [0.4, 0.5) is 4.39 Å². The van der Waals surface area contributed by atoms with Crippen molar-refractivity contribution in [2.45, 2.75) is 19.7 Å². The van der Waals surface area contributed by atoms with Gasteiger partial charge in [0, 0.05) is 20.1 Å². The number of aromatic hydroxyl groups is 1. The molecule has 2 N–H and O–H groups in total. The quantitative estimate of drug-likeness (QED) is 0.704. The lowest BCUT2D eigenvalue weighted by Gasteiger charge is -2.25. The molecule has 8 nitrogen and oxygen atoms in total. The lowest BCUT2D eigenvalue weighted by Crippen LogP contribution is -2.37. The Labute approximate surface area is 152 Å². The Balaban J connectivity index is 1.95. The highest BCUT2D eigenvalue weighted by Gasteiger charge is 2.32. The monoisotopic (exact) mass is 372 g/mol. The summed E-state index contributed by atoms with van der Waals surface area (Å²) in [5.41, 5.74) is 0.527. The van der Waals surface area contributed by atoms with Crippen LogP contribution in [-0.4, -0.2) is 49.0 Å². The van der Waals surface area contributed by atoms with E-state index in [-0.39, 0.29) is 28.8 Å². The molecule has 1 aromatic carbocycles. The molecule has 1 amide bonds. The molecule has 0 radical (unpaired) electrons. The van der Waals surface area contributed by atoms with Crippen molar-refractivity contribution in [3.05, 3.63) is 57.4 Å². The number of nitrogens with zero attached hydrogens (tertiary/aromatic N) is 4. The zero-order chi connectivity index (χ0) is 19.3. The van der Waals surface area contributed by atoms with Crippen LogP contribution in [0.15, 0.2) is 29.1 Å². The topological polar surface area (TPSA) is 101 Å². The molecule has 0 saturated heterocycles. The van der Waals surface area contributed by atoms with Gasteiger partial charge in [-0.2, -0.15) is 5.10 Å². The van der Waals surface area contributed by atoms with Crippen LogP contribution in [0.3, 0.4) is 0 Å². The van der Waals surface area contributed by atoms with E-state index in [4.69, 9.17) is 0 Å². The number of carbonyl (C=O) groups is 1. The molecular weight excluding hydrogens is 355 g/mol. The van der Waals surface area contributed by atoms with E-state index in [0.29, 0.717) is 18.7 Å². The van der Waals surface area contributed by atoms with Crippen molar-refractivity contribution in [3.63, 3.8) is 0 Å². The number of aromatic nitrogens is 3. The summed E-state index contributed by atoms with van der Waals surface area (Å²) in [6, 6.07) is 5.59. The van der Waals surface area contributed by atoms with Gasteiger partial charge in [-0.3, -0.25) is 9.59 Å². The first-order chi connectivity index (χ1) is 12.9. The Morgan fingerprint density at radius 1 is 1.19 bits per heavy atom. The first-order valence-corrected chi connectivity index (χ1v) is 8.38. The number of aliphatic hydroxyl groups excluding tert-OH is 1. The molecule has 0 atom stereocenters. The third kappa shape index (κ3) is 2.58. The summed E-state index contributed by atoms with van der Waals surface area (Å²) in [5.74, 6) is -1.20. The maximum Gasteiger partial charge on any atom is 0.280 e. The predicted octanol–water partition coefficient (Wildman–Crippen LogP) is 0.669. The van der Waals surface area contributed by atoms with E-state index < -0.39 is 29.6 Å². The summed E-state index contributed by atoms with van der Waals surface area (Å²) in [5, 5.41) is 24.5. The van der Waals surface area contributed by atoms with Crippen LogP contribution >= 0.6 is 0 Å². The molecule has 9 heteroatoms. The van der Waals surface area contributed by atoms with Crippen molar-refractivity contribution >= 4 is 16.8 Å². The van der Waals surface area contributed by atoms with E-state index in [2.05, 4.69) is 5.10 Å². The number of fused-ring (bicyclic) bond motifs is 3. The molecule has 0 unspecified atom stereocenters. The van der Waals surface area contributed by atoms with Gasteiger partial charge in [0.25, 0.3) is 11.5 Å². The van der Waals surface area contributed by atoms with Crippen LogP contribution in [0.2, 0.25) is 0 Å². The average Bonchev–Trinajstić information content (AvgIpc) is 2.96. The standard InChI is InChI=1S/C18H17FN4O4/c1-21-6-7-22-14-12(9-24)20-23(8-10-2-4-11(19)5-3-10)17(26)13(14)16(25)15(22)18(21)27/h2-5,24-25H,6-9H2,1H3. The fourth-order valence-corrected chi connectivity index (χ4v) is 3.42. The molecule has 0 aliphatic carbocycles. The molecule has 2 aromatic heterocycles. The van der Waals surface area contributed by atoms with E-state index in [1.165, 1.54) is 33.7 Å². The number of rotatable bonds is 3. The third-order valence-electron chi connectivity index (χ3n) is 4.80. The first kappa shape index (κ1) is 17.2. The number of likely N-dealkylation sites (N-methyl/N-ethyl adjacent to an activating group) is 1. The second-order valence-corrected chi connectivity index (χ2v) is 6.49. The highest BCUT2D eigenvalue weighted by Crippen LogP contribution is 2.33. The third-order valence-corrected chi connectivity index (χ3v) is 4.80. The summed E-state index contributed by atoms with van der Waals surface area (Å²) in [6.45, 7) is 0.367. The van der Waals surface area contributed by atoms with Crippen LogP contribution < -0.4 is 5.56 Å². The number of benzene rings is 1. The number of halogens is 1. The van der Waals surface area contributed by atoms with Gasteiger partial charge >= 0.3 is 0 Å². The lowest BCUT2D eigenvalue weighted by molar-refractivity contribution is 0.0747. The highest BCUT2D eigenvalue weighted by atomic mass is 19.1. The van der Waals surface area contributed by atoms with E-state index in [0.717, 1.165) is 4.68 Å². The van der Waals surface area contributed by atoms with Gasteiger partial charge in [-0.15, -0.1) is 0 Å². The van der Waals surface area contributed by atoms with E-state index in [9.17, 15) is 24.2 Å². The van der Waals surface area contributed by atoms with Crippen molar-refractivity contribution in [1.82, 2.24) is 19.2 Å². The van der Waals surface area contributed by atoms with Gasteiger partial charge in [0.1, 0.15) is 16.9 Å². The molecule has 140 valence electrons. The van der Waals surface area contributed by atoms with Crippen LogP contribution in [0.1, 0.15) is 21.7 Å². The number of hydrogen-bond donors (Lipinski definition) is 2. The summed E-state index contributed by atoms with van der Waals surface area (Å²) in [6.07, 6.45) is 0. The number of carbonyl (C=O) groups excluding carboxylic acids is 1. The highest BCUT2D eigenvalue weighted by molar-refractivity contribution is 6.04. The van der Waals surface area contributed by atoms with Gasteiger partial charge in [-0.25, -0.2) is 9.07 Å². The molecule has 27 heavy (non-hydrogen) atoms. The van der Waals surface area contributed by atoms with Crippen LogP contribution in [-0.2, 0) is 19.7 Å². The van der Waals surface area contributed by atoms with Gasteiger partial charge in [-0.05, 0) is 17.7 Å². The summed E-state index contributed by atoms with van der Waals surface area (Å²) in [7, 11) is 1.61. The summed E-state index contributed by atoms with van der Waals surface area (Å²) in [4.78, 5) is 26.8. The Hall–Kier alpha value is -3.20. The van der Waals surface area contributed by atoms with Gasteiger partial charge in [0.2, 0.25) is 0 Å². The maximum atomic E-state index is 13.1. The Bertz CT molecular complexity index is 1120. The molecule has 4 rings (SSSR count). The average molecular weight is 372 g/mol. The predicted molar refractivity (Wildman–Crippen MR) is 94.0 cm³/mol. The first-order valence-electron chi connectivity index (χ1n) is 8.38. The van der Waals surface area contributed by atoms with Gasteiger partial charge in [0.15, 0.2) is 11.4 Å². The van der Waals surface area contributed by atoms with E-state index in [1.807, 2.05) is 0 Å². The van der Waals surface area contributed by atoms with E-state index in [1.54, 1.807) is 7.05 Å². The number of hydrogen-bond acceptors (Lipinski definition) is 5. The maximum absolute atomic E-state index is 13.1. The van der Waals surface area contributed by atoms with Crippen molar-refractivity contribution < 1.29 is 19.4 Å². The second kappa shape index (κ2) is 6.20. The number of amides is 1. The SMILES string of the molecule is CN1CCn2c(c(O)c3c(=O)n(Cc4ccc(F)cc4)nc(CO)c32)C1=O. The minimum atomic E-state index is -0.582. The van der Waals surface area contributed by atoms with Gasteiger partial charge < -0.3 is 19.7 Å². The molecule has 0 spiro atoms. The summed E-state index contributed by atoms with van der Waals surface area (Å²) >= 11 is 0. The normalized spacial score (nSPS) is 14.0. The van der Waals surface area contributed by atoms with Crippen LogP contribution in [0.25, 0.3) is 10.9 Å². The smallest absolute Gasteiger partial charge is 0.280 e. The molecule has 1 aliphatic rings. The molecule has 1 aliphatic heterocycles. The summed E-state index contributed by atoms with van der Waals surface area (Å²) < 4.78 is 15.7. The Morgan fingerprint density at radius 2 is 1.89 bits per heavy atom. The molecule has 0 bridgehead atoms. The largest absolute Gasteiger partial charge is 0.505 e. The fourth-order valence-electron chi connectivity index (χ4n) is 3.42. The van der Waals surface area contributed by atoms with Gasteiger partial charge in [-0.1, -0.05) is 12.1 Å². The zero-order valence-corrected chi connectivity index (χ0v) is 14.5. The fraction of sp³-hybridized carbons (Fsp3) is 0.278. The van der Waals surface area contributed by atoms with Crippen molar-refractivity contribution in [2.24, 2.45) is 0 Å². The van der Waals surface area contributed by atoms with Crippen molar-refractivity contribution in [3.8, 4) is 5.75 Å². The minimum Gasteiger partial charge on any atom is -0.505 e. The molecule has 3 heterocycles. The molecule has 3 aromatic rings. The lowest BCUT2D eigenvalue weighted by atomic mass is 10.2. The van der Waals surface area contributed by atoms with Crippen molar-refractivity contribution in [1.29, 1.82) is 0 Å². The van der Waals surface area contributed by atoms with E-state index >= 15 is 0 Å². The Kier molecular flexibility index (Phi) is 3.96. The zero-order valence-electron chi connectivity index (χ0n) is 14.5. The van der Waals surface area contributed by atoms with Crippen LogP contribution in [0.5, 0.6) is 5.75 Å². The second-order valence-electron chi connectivity index (χ2n) is 6.49. The molecule has 0 fully saturated rings. The van der Waals surface area contributed by atoms with Crippen molar-refractivity contribution in [2.75, 3.05) is 13.6 Å². The number of aliphatic hydroxyl groups is 1.